The van der Waals surface area contributed by atoms with E-state index in [1.54, 1.807) is 0 Å². The molecule has 130 valence electrons. The first-order chi connectivity index (χ1) is 10.8. The van der Waals surface area contributed by atoms with E-state index in [9.17, 15) is 4.79 Å². The SMILES string of the molecule is CNc1ccc(NCCNCCNC(=O)OC(C)(C)C)cc1N. The van der Waals surface area contributed by atoms with Gasteiger partial charge in [0.1, 0.15) is 5.60 Å². The van der Waals surface area contributed by atoms with E-state index in [0.29, 0.717) is 18.8 Å². The number of hydrogen-bond acceptors (Lipinski definition) is 6. The quantitative estimate of drug-likeness (QED) is 0.370. The van der Waals surface area contributed by atoms with E-state index >= 15 is 0 Å². The summed E-state index contributed by atoms with van der Waals surface area (Å²) in [5.41, 5.74) is 8.05. The number of nitrogens with two attached hydrogens (primary N) is 1. The number of anilines is 3. The fourth-order valence-corrected chi connectivity index (χ4v) is 1.89. The van der Waals surface area contributed by atoms with Crippen molar-refractivity contribution in [1.29, 1.82) is 0 Å². The Morgan fingerprint density at radius 3 is 2.48 bits per heavy atom. The molecule has 0 saturated carbocycles. The highest BCUT2D eigenvalue weighted by atomic mass is 16.6. The van der Waals surface area contributed by atoms with Crippen LogP contribution in [0.1, 0.15) is 20.8 Å². The van der Waals surface area contributed by atoms with Gasteiger partial charge in [0, 0.05) is 38.9 Å². The lowest BCUT2D eigenvalue weighted by Gasteiger charge is -2.19. The van der Waals surface area contributed by atoms with Crippen molar-refractivity contribution in [3.05, 3.63) is 18.2 Å². The summed E-state index contributed by atoms with van der Waals surface area (Å²) < 4.78 is 5.15. The first-order valence-corrected chi connectivity index (χ1v) is 7.80. The van der Waals surface area contributed by atoms with E-state index in [-0.39, 0.29) is 0 Å². The van der Waals surface area contributed by atoms with Gasteiger partial charge in [0.2, 0.25) is 0 Å². The molecule has 0 aliphatic heterocycles. The molecule has 0 saturated heterocycles. The van der Waals surface area contributed by atoms with Gasteiger partial charge < -0.3 is 31.7 Å². The van der Waals surface area contributed by atoms with Crippen molar-refractivity contribution in [3.8, 4) is 0 Å². The van der Waals surface area contributed by atoms with Crippen molar-refractivity contribution in [2.45, 2.75) is 26.4 Å². The zero-order valence-corrected chi connectivity index (χ0v) is 14.5. The van der Waals surface area contributed by atoms with Crippen molar-refractivity contribution in [1.82, 2.24) is 10.6 Å². The maximum absolute atomic E-state index is 11.4. The fourth-order valence-electron chi connectivity index (χ4n) is 1.89. The minimum atomic E-state index is -0.466. The largest absolute Gasteiger partial charge is 0.444 e. The summed E-state index contributed by atoms with van der Waals surface area (Å²) in [7, 11) is 1.84. The van der Waals surface area contributed by atoms with Crippen LogP contribution in [0.15, 0.2) is 18.2 Å². The molecular weight excluding hydrogens is 294 g/mol. The molecule has 0 aliphatic rings. The second-order valence-electron chi connectivity index (χ2n) is 6.16. The van der Waals surface area contributed by atoms with E-state index in [1.807, 2.05) is 46.0 Å². The Hall–Kier alpha value is -2.15. The Kier molecular flexibility index (Phi) is 7.47. The monoisotopic (exact) mass is 323 g/mol. The Balaban J connectivity index is 2.10. The van der Waals surface area contributed by atoms with Gasteiger partial charge in [-0.25, -0.2) is 4.79 Å². The van der Waals surface area contributed by atoms with Crippen LogP contribution in [0.25, 0.3) is 0 Å². The molecule has 1 aromatic rings. The Morgan fingerprint density at radius 2 is 1.87 bits per heavy atom. The number of rotatable bonds is 8. The third-order valence-corrected chi connectivity index (χ3v) is 2.92. The number of carbonyl (C=O) groups excluding carboxylic acids is 1. The van der Waals surface area contributed by atoms with Gasteiger partial charge in [-0.05, 0) is 39.0 Å². The van der Waals surface area contributed by atoms with Gasteiger partial charge in [-0.15, -0.1) is 0 Å². The third-order valence-electron chi connectivity index (χ3n) is 2.92. The topological polar surface area (TPSA) is 100 Å². The Labute approximate surface area is 138 Å². The lowest BCUT2D eigenvalue weighted by atomic mass is 10.2. The van der Waals surface area contributed by atoms with Crippen molar-refractivity contribution in [2.24, 2.45) is 0 Å². The molecule has 0 unspecified atom stereocenters. The van der Waals surface area contributed by atoms with Crippen LogP contribution in [0.4, 0.5) is 21.9 Å². The number of hydrogen-bond donors (Lipinski definition) is 5. The molecule has 0 atom stereocenters. The predicted octanol–water partition coefficient (Wildman–Crippen LogP) is 1.84. The van der Waals surface area contributed by atoms with Crippen LogP contribution in [0, 0.1) is 0 Å². The summed E-state index contributed by atoms with van der Waals surface area (Å²) in [4.78, 5) is 11.4. The maximum Gasteiger partial charge on any atom is 0.407 e. The molecule has 1 rings (SSSR count). The van der Waals surface area contributed by atoms with Crippen molar-refractivity contribution < 1.29 is 9.53 Å². The summed E-state index contributed by atoms with van der Waals surface area (Å²) in [6.07, 6.45) is -0.391. The average Bonchev–Trinajstić information content (AvgIpc) is 2.44. The molecule has 0 bridgehead atoms. The molecule has 6 N–H and O–H groups in total. The lowest BCUT2D eigenvalue weighted by molar-refractivity contribution is 0.0528. The molecule has 23 heavy (non-hydrogen) atoms. The predicted molar refractivity (Wildman–Crippen MR) is 96.0 cm³/mol. The molecule has 0 aliphatic carbocycles. The zero-order valence-electron chi connectivity index (χ0n) is 14.5. The lowest BCUT2D eigenvalue weighted by Crippen LogP contribution is -2.37. The molecule has 7 heteroatoms. The molecule has 1 amide bonds. The Bertz CT molecular complexity index is 500. The van der Waals surface area contributed by atoms with Gasteiger partial charge in [0.15, 0.2) is 0 Å². The first-order valence-electron chi connectivity index (χ1n) is 7.80. The van der Waals surface area contributed by atoms with Gasteiger partial charge in [-0.3, -0.25) is 0 Å². The summed E-state index contributed by atoms with van der Waals surface area (Å²) >= 11 is 0. The fraction of sp³-hybridized carbons (Fsp3) is 0.562. The standard InChI is InChI=1S/C16H29N5O2/c1-16(2,3)23-15(22)21-10-8-19-7-9-20-12-5-6-14(18-4)13(17)11-12/h5-6,11,18-20H,7-10,17H2,1-4H3,(H,21,22). The normalized spacial score (nSPS) is 11.0. The molecule has 0 heterocycles. The summed E-state index contributed by atoms with van der Waals surface area (Å²) in [6.45, 7) is 8.28. The van der Waals surface area contributed by atoms with Gasteiger partial charge in [-0.2, -0.15) is 0 Å². The second kappa shape index (κ2) is 9.09. The summed E-state index contributed by atoms with van der Waals surface area (Å²) in [5.74, 6) is 0. The highest BCUT2D eigenvalue weighted by Gasteiger charge is 2.15. The molecule has 0 spiro atoms. The van der Waals surface area contributed by atoms with Gasteiger partial charge in [0.25, 0.3) is 0 Å². The van der Waals surface area contributed by atoms with E-state index in [2.05, 4.69) is 21.3 Å². The molecular formula is C16H29N5O2. The third kappa shape index (κ3) is 8.15. The van der Waals surface area contributed by atoms with E-state index in [0.717, 1.165) is 24.5 Å². The van der Waals surface area contributed by atoms with Crippen LogP contribution in [-0.4, -0.2) is 44.9 Å². The molecule has 0 aromatic heterocycles. The van der Waals surface area contributed by atoms with E-state index in [1.165, 1.54) is 0 Å². The Morgan fingerprint density at radius 1 is 1.17 bits per heavy atom. The number of benzene rings is 1. The van der Waals surface area contributed by atoms with Gasteiger partial charge in [0.05, 0.1) is 11.4 Å². The van der Waals surface area contributed by atoms with Crippen LogP contribution in [0.2, 0.25) is 0 Å². The van der Waals surface area contributed by atoms with E-state index < -0.39 is 11.7 Å². The van der Waals surface area contributed by atoms with Crippen molar-refractivity contribution in [2.75, 3.05) is 49.6 Å². The van der Waals surface area contributed by atoms with Crippen LogP contribution in [0.5, 0.6) is 0 Å². The number of nitrogens with one attached hydrogen (secondary N) is 4. The molecule has 7 nitrogen and oxygen atoms in total. The average molecular weight is 323 g/mol. The smallest absolute Gasteiger partial charge is 0.407 e. The van der Waals surface area contributed by atoms with Crippen LogP contribution in [-0.2, 0) is 4.74 Å². The highest BCUT2D eigenvalue weighted by molar-refractivity contribution is 5.71. The van der Waals surface area contributed by atoms with Gasteiger partial charge >= 0.3 is 6.09 Å². The van der Waals surface area contributed by atoms with Gasteiger partial charge in [-0.1, -0.05) is 0 Å². The van der Waals surface area contributed by atoms with Crippen LogP contribution >= 0.6 is 0 Å². The zero-order chi connectivity index (χ0) is 17.3. The highest BCUT2D eigenvalue weighted by Crippen LogP contribution is 2.21. The number of nitrogen functional groups attached to an aromatic ring is 1. The minimum absolute atomic E-state index is 0.391. The first kappa shape index (κ1) is 18.9. The maximum atomic E-state index is 11.4. The minimum Gasteiger partial charge on any atom is -0.444 e. The second-order valence-corrected chi connectivity index (χ2v) is 6.16. The number of ether oxygens (including phenoxy) is 1. The van der Waals surface area contributed by atoms with Crippen molar-refractivity contribution in [3.63, 3.8) is 0 Å². The van der Waals surface area contributed by atoms with Crippen LogP contribution in [0.3, 0.4) is 0 Å². The van der Waals surface area contributed by atoms with Crippen LogP contribution < -0.4 is 27.0 Å². The molecule has 0 radical (unpaired) electrons. The van der Waals surface area contributed by atoms with Crippen molar-refractivity contribution >= 4 is 23.2 Å². The van der Waals surface area contributed by atoms with E-state index in [4.69, 9.17) is 10.5 Å². The number of alkyl carbamates (subject to hydrolysis) is 1. The number of carbonyl (C=O) groups is 1. The summed E-state index contributed by atoms with van der Waals surface area (Å²) in [6, 6.07) is 5.82. The summed E-state index contributed by atoms with van der Waals surface area (Å²) in [5, 5.41) is 12.2. The number of amides is 1. The molecule has 1 aromatic carbocycles. The molecule has 0 fully saturated rings.